The van der Waals surface area contributed by atoms with Gasteiger partial charge in [-0.05, 0) is 39.0 Å². The van der Waals surface area contributed by atoms with Gasteiger partial charge in [-0.1, -0.05) is 11.2 Å². The lowest BCUT2D eigenvalue weighted by atomic mass is 10.1. The van der Waals surface area contributed by atoms with E-state index in [1.54, 1.807) is 6.07 Å². The first-order chi connectivity index (χ1) is 11.3. The van der Waals surface area contributed by atoms with Crippen molar-refractivity contribution in [2.45, 2.75) is 33.0 Å². The average molecular weight is 335 g/mol. The molecule has 1 unspecified atom stereocenters. The molecule has 0 saturated heterocycles. The van der Waals surface area contributed by atoms with Crippen molar-refractivity contribution in [2.75, 3.05) is 5.32 Å². The second kappa shape index (κ2) is 5.81. The first-order valence-electron chi connectivity index (χ1n) is 7.42. The van der Waals surface area contributed by atoms with Crippen LogP contribution in [-0.4, -0.2) is 10.1 Å². The summed E-state index contributed by atoms with van der Waals surface area (Å²) in [6.45, 7) is 5.63. The number of hydrogen-bond donors (Lipinski definition) is 1. The van der Waals surface area contributed by atoms with Crippen LogP contribution in [0.25, 0.3) is 10.9 Å². The van der Waals surface area contributed by atoms with Gasteiger partial charge in [0.2, 0.25) is 0 Å². The Balaban J connectivity index is 1.98. The van der Waals surface area contributed by atoms with E-state index < -0.39 is 11.7 Å². The Morgan fingerprint density at radius 2 is 1.92 bits per heavy atom. The number of nitrogens with one attached hydrogen (secondary N) is 1. The van der Waals surface area contributed by atoms with Gasteiger partial charge in [0.1, 0.15) is 5.76 Å². The Morgan fingerprint density at radius 1 is 1.17 bits per heavy atom. The van der Waals surface area contributed by atoms with Gasteiger partial charge in [0.05, 0.1) is 22.8 Å². The van der Waals surface area contributed by atoms with Gasteiger partial charge < -0.3 is 9.84 Å². The second-order valence-electron chi connectivity index (χ2n) is 5.69. The summed E-state index contributed by atoms with van der Waals surface area (Å²) in [4.78, 5) is 4.05. The van der Waals surface area contributed by atoms with E-state index in [2.05, 4.69) is 15.5 Å². The number of pyridine rings is 1. The summed E-state index contributed by atoms with van der Waals surface area (Å²) in [6.07, 6.45) is -2.89. The van der Waals surface area contributed by atoms with Crippen LogP contribution in [0.3, 0.4) is 0 Å². The van der Waals surface area contributed by atoms with Crippen LogP contribution in [0.1, 0.15) is 35.5 Å². The highest BCUT2D eigenvalue weighted by Gasteiger charge is 2.30. The topological polar surface area (TPSA) is 51.0 Å². The third-order valence-electron chi connectivity index (χ3n) is 3.96. The number of nitrogens with zero attached hydrogens (tertiary/aromatic N) is 2. The van der Waals surface area contributed by atoms with Crippen molar-refractivity contribution >= 4 is 16.6 Å². The monoisotopic (exact) mass is 335 g/mol. The number of aromatic nitrogens is 2. The molecule has 0 aliphatic heterocycles. The molecule has 0 radical (unpaired) electrons. The first-order valence-corrected chi connectivity index (χ1v) is 7.42. The number of alkyl halides is 3. The van der Waals surface area contributed by atoms with Crippen LogP contribution in [-0.2, 0) is 6.18 Å². The van der Waals surface area contributed by atoms with Crippen LogP contribution in [0.15, 0.2) is 35.0 Å². The minimum absolute atomic E-state index is 0.107. The lowest BCUT2D eigenvalue weighted by Gasteiger charge is -2.17. The van der Waals surface area contributed by atoms with Crippen LogP contribution < -0.4 is 5.32 Å². The summed E-state index contributed by atoms with van der Waals surface area (Å²) in [5.41, 5.74) is 2.01. The van der Waals surface area contributed by atoms with E-state index in [0.717, 1.165) is 23.4 Å². The average Bonchev–Trinajstić information content (AvgIpc) is 2.85. The van der Waals surface area contributed by atoms with Crippen molar-refractivity contribution in [3.05, 3.63) is 53.0 Å². The molecule has 4 nitrogen and oxygen atoms in total. The minimum Gasteiger partial charge on any atom is -0.378 e. The third kappa shape index (κ3) is 2.93. The number of hydrogen-bond acceptors (Lipinski definition) is 4. The van der Waals surface area contributed by atoms with E-state index >= 15 is 0 Å². The fraction of sp³-hybridized carbons (Fsp3) is 0.294. The minimum atomic E-state index is -4.39. The Labute approximate surface area is 136 Å². The molecule has 0 saturated carbocycles. The number of anilines is 1. The molecule has 7 heteroatoms. The van der Waals surface area contributed by atoms with Gasteiger partial charge >= 0.3 is 6.18 Å². The number of aryl methyl sites for hydroxylation is 2. The molecule has 3 aromatic rings. The van der Waals surface area contributed by atoms with E-state index in [-0.39, 0.29) is 6.04 Å². The molecule has 0 amide bonds. The van der Waals surface area contributed by atoms with Gasteiger partial charge in [-0.25, -0.2) is 0 Å². The van der Waals surface area contributed by atoms with Crippen LogP contribution in [0.5, 0.6) is 0 Å². The van der Waals surface area contributed by atoms with Gasteiger partial charge in [-0.2, -0.15) is 13.2 Å². The van der Waals surface area contributed by atoms with Crippen molar-refractivity contribution < 1.29 is 17.7 Å². The quantitative estimate of drug-likeness (QED) is 0.729. The summed E-state index contributed by atoms with van der Waals surface area (Å²) < 4.78 is 43.7. The maximum absolute atomic E-state index is 12.8. The third-order valence-corrected chi connectivity index (χ3v) is 3.96. The summed E-state index contributed by atoms with van der Waals surface area (Å²) in [6, 6.07) is 5.19. The highest BCUT2D eigenvalue weighted by Crippen LogP contribution is 2.34. The molecular formula is C17H16F3N3O. The highest BCUT2D eigenvalue weighted by atomic mass is 19.4. The molecule has 1 N–H and O–H groups in total. The van der Waals surface area contributed by atoms with Gasteiger partial charge in [-0.15, -0.1) is 0 Å². The number of halogens is 3. The SMILES string of the molecule is Cc1noc(C)c1C(C)Nc1ccnc2cc(C(F)(F)F)ccc12. The van der Waals surface area contributed by atoms with Crippen molar-refractivity contribution in [2.24, 2.45) is 0 Å². The van der Waals surface area contributed by atoms with Crippen LogP contribution in [0, 0.1) is 13.8 Å². The Morgan fingerprint density at radius 3 is 2.54 bits per heavy atom. The number of fused-ring (bicyclic) bond motifs is 1. The molecule has 0 bridgehead atoms. The number of rotatable bonds is 3. The first kappa shape index (κ1) is 16.3. The summed E-state index contributed by atoms with van der Waals surface area (Å²) in [5.74, 6) is 0.713. The van der Waals surface area contributed by atoms with E-state index in [4.69, 9.17) is 4.52 Å². The normalized spacial score (nSPS) is 13.2. The fourth-order valence-electron chi connectivity index (χ4n) is 2.86. The predicted octanol–water partition coefficient (Wildman–Crippen LogP) is 5.03. The molecule has 0 fully saturated rings. The molecule has 0 aliphatic rings. The lowest BCUT2D eigenvalue weighted by molar-refractivity contribution is -0.137. The lowest BCUT2D eigenvalue weighted by Crippen LogP contribution is -2.09. The predicted molar refractivity (Wildman–Crippen MR) is 84.8 cm³/mol. The van der Waals surface area contributed by atoms with Gasteiger partial charge in [-0.3, -0.25) is 4.98 Å². The summed E-state index contributed by atoms with van der Waals surface area (Å²) >= 11 is 0. The zero-order valence-electron chi connectivity index (χ0n) is 13.4. The molecule has 24 heavy (non-hydrogen) atoms. The van der Waals surface area contributed by atoms with Gasteiger partial charge in [0.15, 0.2) is 0 Å². The second-order valence-corrected chi connectivity index (χ2v) is 5.69. The van der Waals surface area contributed by atoms with E-state index in [0.29, 0.717) is 22.4 Å². The number of benzene rings is 1. The molecule has 0 aliphatic carbocycles. The molecule has 126 valence electrons. The molecule has 2 heterocycles. The van der Waals surface area contributed by atoms with Crippen molar-refractivity contribution in [3.8, 4) is 0 Å². The van der Waals surface area contributed by atoms with Crippen LogP contribution >= 0.6 is 0 Å². The Hall–Kier alpha value is -2.57. The molecule has 2 aromatic heterocycles. The zero-order valence-corrected chi connectivity index (χ0v) is 13.4. The standard InChI is InChI=1S/C17H16F3N3O/c1-9(16-10(2)23-24-11(16)3)22-14-6-7-21-15-8-12(17(18,19)20)4-5-13(14)15/h4-9H,1-3H3,(H,21,22). The molecule has 1 atom stereocenters. The van der Waals surface area contributed by atoms with Crippen molar-refractivity contribution in [3.63, 3.8) is 0 Å². The van der Waals surface area contributed by atoms with Crippen LogP contribution in [0.2, 0.25) is 0 Å². The van der Waals surface area contributed by atoms with Crippen molar-refractivity contribution in [1.29, 1.82) is 0 Å². The maximum Gasteiger partial charge on any atom is 0.416 e. The van der Waals surface area contributed by atoms with Gasteiger partial charge in [0, 0.05) is 22.8 Å². The molecule has 1 aromatic carbocycles. The fourth-order valence-corrected chi connectivity index (χ4v) is 2.86. The molecule has 3 rings (SSSR count). The summed E-state index contributed by atoms with van der Waals surface area (Å²) in [5, 5.41) is 7.86. The maximum atomic E-state index is 12.8. The van der Waals surface area contributed by atoms with Crippen LogP contribution in [0.4, 0.5) is 18.9 Å². The zero-order chi connectivity index (χ0) is 17.5. The molecule has 0 spiro atoms. The van der Waals surface area contributed by atoms with Crippen molar-refractivity contribution in [1.82, 2.24) is 10.1 Å². The van der Waals surface area contributed by atoms with E-state index in [1.165, 1.54) is 12.3 Å². The largest absolute Gasteiger partial charge is 0.416 e. The highest BCUT2D eigenvalue weighted by molar-refractivity contribution is 5.91. The smallest absolute Gasteiger partial charge is 0.378 e. The molecular weight excluding hydrogens is 319 g/mol. The Bertz CT molecular complexity index is 867. The summed E-state index contributed by atoms with van der Waals surface area (Å²) in [7, 11) is 0. The van der Waals surface area contributed by atoms with Gasteiger partial charge in [0.25, 0.3) is 0 Å². The van der Waals surface area contributed by atoms with E-state index in [1.807, 2.05) is 20.8 Å². The van der Waals surface area contributed by atoms with E-state index in [9.17, 15) is 13.2 Å². The Kier molecular flexibility index (Phi) is 3.95.